The molecular formula is C24H26FN3O3. The van der Waals surface area contributed by atoms with Gasteiger partial charge in [-0.25, -0.2) is 4.39 Å². The molecular weight excluding hydrogens is 397 g/mol. The number of rotatable bonds is 8. The molecule has 162 valence electrons. The number of halogens is 1. The number of benzene rings is 2. The predicted molar refractivity (Wildman–Crippen MR) is 115 cm³/mol. The fourth-order valence-corrected chi connectivity index (χ4v) is 3.78. The zero-order chi connectivity index (χ0) is 21.6. The molecule has 31 heavy (non-hydrogen) atoms. The summed E-state index contributed by atoms with van der Waals surface area (Å²) < 4.78 is 24.0. The van der Waals surface area contributed by atoms with Crippen LogP contribution in [0.3, 0.4) is 0 Å². The molecule has 2 aromatic carbocycles. The smallest absolute Gasteiger partial charge is 0.227 e. The van der Waals surface area contributed by atoms with Gasteiger partial charge in [0.2, 0.25) is 5.91 Å². The normalized spacial score (nSPS) is 15.8. The number of nitrogens with one attached hydrogen (secondary N) is 1. The zero-order valence-corrected chi connectivity index (χ0v) is 17.5. The molecule has 0 unspecified atom stereocenters. The van der Waals surface area contributed by atoms with Crippen molar-refractivity contribution in [1.29, 1.82) is 0 Å². The van der Waals surface area contributed by atoms with E-state index in [0.717, 1.165) is 41.3 Å². The molecule has 2 heterocycles. The van der Waals surface area contributed by atoms with Crippen LogP contribution in [-0.4, -0.2) is 47.8 Å². The van der Waals surface area contributed by atoms with Crippen LogP contribution in [0.5, 0.6) is 11.5 Å². The lowest BCUT2D eigenvalue weighted by molar-refractivity contribution is -0.129. The van der Waals surface area contributed by atoms with Gasteiger partial charge >= 0.3 is 0 Å². The Balaban J connectivity index is 1.25. The van der Waals surface area contributed by atoms with Gasteiger partial charge in [0.25, 0.3) is 0 Å². The maximum Gasteiger partial charge on any atom is 0.227 e. The van der Waals surface area contributed by atoms with E-state index >= 15 is 0 Å². The molecule has 1 aliphatic heterocycles. The summed E-state index contributed by atoms with van der Waals surface area (Å²) in [6.45, 7) is 1.92. The first-order valence-corrected chi connectivity index (χ1v) is 10.4. The quantitative estimate of drug-likeness (QED) is 0.599. The molecule has 6 nitrogen and oxygen atoms in total. The molecule has 0 spiro atoms. The minimum absolute atomic E-state index is 0.0674. The molecule has 0 radical (unpaired) electrons. The average Bonchev–Trinajstić information content (AvgIpc) is 3.46. The number of H-pyrrole nitrogens is 1. The fourth-order valence-electron chi connectivity index (χ4n) is 3.78. The van der Waals surface area contributed by atoms with Crippen LogP contribution in [0.4, 0.5) is 4.39 Å². The van der Waals surface area contributed by atoms with Gasteiger partial charge in [-0.2, -0.15) is 5.10 Å². The number of likely N-dealkylation sites (tertiary alicyclic amines) is 1. The number of hydrogen-bond donors (Lipinski definition) is 1. The van der Waals surface area contributed by atoms with Crippen molar-refractivity contribution < 1.29 is 18.7 Å². The van der Waals surface area contributed by atoms with Gasteiger partial charge in [-0.05, 0) is 54.4 Å². The van der Waals surface area contributed by atoms with Crippen molar-refractivity contribution in [1.82, 2.24) is 15.1 Å². The minimum atomic E-state index is -0.291. The molecule has 4 rings (SSSR count). The standard InChI is InChI=1S/C24H26FN3O3/c1-30-21-6-8-22(9-7-21)31-13-11-20-15-23(27-26-20)18-10-12-28(16-18)24(29)14-17-2-4-19(25)5-3-17/h2-9,15,18H,10-14,16H2,1H3,(H,26,27)/t18-/m0/s1. The summed E-state index contributed by atoms with van der Waals surface area (Å²) in [5.74, 6) is 1.60. The third-order valence-corrected chi connectivity index (χ3v) is 5.58. The highest BCUT2D eigenvalue weighted by Gasteiger charge is 2.28. The summed E-state index contributed by atoms with van der Waals surface area (Å²) in [5, 5.41) is 7.54. The highest BCUT2D eigenvalue weighted by Crippen LogP contribution is 2.27. The van der Waals surface area contributed by atoms with Crippen LogP contribution >= 0.6 is 0 Å². The van der Waals surface area contributed by atoms with Crippen LogP contribution in [0, 0.1) is 5.82 Å². The number of carbonyl (C=O) groups excluding carboxylic acids is 1. The Labute approximate surface area is 181 Å². The number of carbonyl (C=O) groups is 1. The maximum absolute atomic E-state index is 13.0. The Morgan fingerprint density at radius 1 is 1.16 bits per heavy atom. The summed E-state index contributed by atoms with van der Waals surface area (Å²) in [7, 11) is 1.64. The average molecular weight is 423 g/mol. The number of ether oxygens (including phenoxy) is 2. The van der Waals surface area contributed by atoms with Gasteiger partial charge in [0.05, 0.1) is 25.8 Å². The van der Waals surface area contributed by atoms with Crippen LogP contribution < -0.4 is 9.47 Å². The second kappa shape index (κ2) is 9.64. The molecule has 1 aromatic heterocycles. The SMILES string of the molecule is COc1ccc(OCCc2cc([C@H]3CCN(C(=O)Cc4ccc(F)cc4)C3)n[nH]2)cc1. The number of hydrogen-bond acceptors (Lipinski definition) is 4. The largest absolute Gasteiger partial charge is 0.497 e. The Morgan fingerprint density at radius 2 is 1.90 bits per heavy atom. The van der Waals surface area contributed by atoms with Gasteiger partial charge in [0.15, 0.2) is 0 Å². The highest BCUT2D eigenvalue weighted by molar-refractivity contribution is 5.79. The van der Waals surface area contributed by atoms with Crippen LogP contribution in [0.2, 0.25) is 0 Å². The lowest BCUT2D eigenvalue weighted by Crippen LogP contribution is -2.29. The van der Waals surface area contributed by atoms with Crippen molar-refractivity contribution in [3.8, 4) is 11.5 Å². The summed E-state index contributed by atoms with van der Waals surface area (Å²) >= 11 is 0. The van der Waals surface area contributed by atoms with E-state index in [9.17, 15) is 9.18 Å². The second-order valence-corrected chi connectivity index (χ2v) is 7.72. The molecule has 0 aliphatic carbocycles. The van der Waals surface area contributed by atoms with E-state index in [2.05, 4.69) is 16.3 Å². The van der Waals surface area contributed by atoms with E-state index < -0.39 is 0 Å². The molecule has 0 bridgehead atoms. The molecule has 1 aliphatic rings. The predicted octanol–water partition coefficient (Wildman–Crippen LogP) is 3.74. The maximum atomic E-state index is 13.0. The van der Waals surface area contributed by atoms with E-state index in [1.807, 2.05) is 29.2 Å². The summed E-state index contributed by atoms with van der Waals surface area (Å²) in [6, 6.07) is 15.7. The van der Waals surface area contributed by atoms with E-state index in [-0.39, 0.29) is 17.6 Å². The first-order valence-electron chi connectivity index (χ1n) is 10.4. The molecule has 3 aromatic rings. The van der Waals surface area contributed by atoms with Crippen LogP contribution in [-0.2, 0) is 17.6 Å². The van der Waals surface area contributed by atoms with Crippen LogP contribution in [0.15, 0.2) is 54.6 Å². The van der Waals surface area contributed by atoms with Crippen LogP contribution in [0.25, 0.3) is 0 Å². The Bertz CT molecular complexity index is 1000. The monoisotopic (exact) mass is 423 g/mol. The van der Waals surface area contributed by atoms with Gasteiger partial charge in [-0.15, -0.1) is 0 Å². The molecule has 1 saturated heterocycles. The zero-order valence-electron chi connectivity index (χ0n) is 17.5. The molecule has 7 heteroatoms. The van der Waals surface area contributed by atoms with Gasteiger partial charge in [0.1, 0.15) is 17.3 Å². The third kappa shape index (κ3) is 5.42. The molecule has 1 fully saturated rings. The first kappa shape index (κ1) is 20.9. The van der Waals surface area contributed by atoms with E-state index in [1.165, 1.54) is 12.1 Å². The number of nitrogens with zero attached hydrogens (tertiary/aromatic N) is 2. The highest BCUT2D eigenvalue weighted by atomic mass is 19.1. The van der Waals surface area contributed by atoms with Gasteiger partial charge < -0.3 is 14.4 Å². The van der Waals surface area contributed by atoms with Gasteiger partial charge in [0, 0.05) is 31.1 Å². The summed E-state index contributed by atoms with van der Waals surface area (Å²) in [5.41, 5.74) is 2.82. The van der Waals surface area contributed by atoms with Crippen LogP contribution in [0.1, 0.15) is 29.3 Å². The molecule has 1 amide bonds. The van der Waals surface area contributed by atoms with Crippen molar-refractivity contribution >= 4 is 5.91 Å². The Morgan fingerprint density at radius 3 is 2.65 bits per heavy atom. The lowest BCUT2D eigenvalue weighted by atomic mass is 10.0. The number of aromatic amines is 1. The molecule has 0 saturated carbocycles. The molecule has 1 atom stereocenters. The van der Waals surface area contributed by atoms with Crippen molar-refractivity contribution in [3.05, 3.63) is 77.4 Å². The molecule has 1 N–H and O–H groups in total. The van der Waals surface area contributed by atoms with Gasteiger partial charge in [-0.1, -0.05) is 12.1 Å². The number of amides is 1. The summed E-state index contributed by atoms with van der Waals surface area (Å²) in [6.07, 6.45) is 1.91. The second-order valence-electron chi connectivity index (χ2n) is 7.72. The van der Waals surface area contributed by atoms with Crippen molar-refractivity contribution in [2.24, 2.45) is 0 Å². The summed E-state index contributed by atoms with van der Waals surface area (Å²) in [4.78, 5) is 14.4. The first-order chi connectivity index (χ1) is 15.1. The van der Waals surface area contributed by atoms with E-state index in [4.69, 9.17) is 9.47 Å². The van der Waals surface area contributed by atoms with Crippen molar-refractivity contribution in [3.63, 3.8) is 0 Å². The fraction of sp³-hybridized carbons (Fsp3) is 0.333. The topological polar surface area (TPSA) is 67.5 Å². The lowest BCUT2D eigenvalue weighted by Gasteiger charge is -2.16. The number of aromatic nitrogens is 2. The van der Waals surface area contributed by atoms with E-state index in [1.54, 1.807) is 19.2 Å². The van der Waals surface area contributed by atoms with E-state index in [0.29, 0.717) is 26.1 Å². The Hall–Kier alpha value is -3.35. The minimum Gasteiger partial charge on any atom is -0.497 e. The number of methoxy groups -OCH3 is 1. The third-order valence-electron chi connectivity index (χ3n) is 5.58. The van der Waals surface area contributed by atoms with Crippen molar-refractivity contribution in [2.45, 2.75) is 25.2 Å². The van der Waals surface area contributed by atoms with Gasteiger partial charge in [-0.3, -0.25) is 9.89 Å². The van der Waals surface area contributed by atoms with Crippen molar-refractivity contribution in [2.75, 3.05) is 26.8 Å². The Kier molecular flexibility index (Phi) is 6.50.